The molecule has 6 heteroatoms. The van der Waals surface area contributed by atoms with Crippen molar-refractivity contribution in [2.45, 2.75) is 20.0 Å². The van der Waals surface area contributed by atoms with Crippen molar-refractivity contribution < 1.29 is 23.8 Å². The Balaban J connectivity index is 1.98. The normalized spacial score (nSPS) is 11.3. The van der Waals surface area contributed by atoms with Crippen molar-refractivity contribution in [2.75, 3.05) is 19.0 Å². The van der Waals surface area contributed by atoms with E-state index in [1.54, 1.807) is 56.3 Å². The summed E-state index contributed by atoms with van der Waals surface area (Å²) in [6.07, 6.45) is -0.724. The average molecular weight is 343 g/mol. The minimum atomic E-state index is -0.724. The van der Waals surface area contributed by atoms with Gasteiger partial charge in [-0.25, -0.2) is 4.79 Å². The highest BCUT2D eigenvalue weighted by Crippen LogP contribution is 2.23. The van der Waals surface area contributed by atoms with Crippen molar-refractivity contribution in [1.82, 2.24) is 0 Å². The molecule has 2 aromatic carbocycles. The summed E-state index contributed by atoms with van der Waals surface area (Å²) in [4.78, 5) is 23.9. The molecule has 0 aliphatic heterocycles. The lowest BCUT2D eigenvalue weighted by Gasteiger charge is -2.16. The summed E-state index contributed by atoms with van der Waals surface area (Å²) < 4.78 is 15.7. The molecule has 0 heterocycles. The Bertz CT molecular complexity index is 727. The molecule has 0 spiro atoms. The van der Waals surface area contributed by atoms with E-state index in [1.165, 1.54) is 7.11 Å². The van der Waals surface area contributed by atoms with Crippen LogP contribution in [0.3, 0.4) is 0 Å². The van der Waals surface area contributed by atoms with Gasteiger partial charge in [0, 0.05) is 0 Å². The fourth-order valence-corrected chi connectivity index (χ4v) is 2.12. The summed E-state index contributed by atoms with van der Waals surface area (Å²) in [5.41, 5.74) is 1.00. The van der Waals surface area contributed by atoms with E-state index in [2.05, 4.69) is 5.32 Å². The van der Waals surface area contributed by atoms with Gasteiger partial charge < -0.3 is 19.5 Å². The molecular weight excluding hydrogens is 322 g/mol. The lowest BCUT2D eigenvalue weighted by atomic mass is 10.2. The molecule has 0 saturated carbocycles. The first-order chi connectivity index (χ1) is 12.0. The summed E-state index contributed by atoms with van der Waals surface area (Å²) in [5, 5.41) is 2.76. The van der Waals surface area contributed by atoms with Crippen molar-refractivity contribution in [3.8, 4) is 11.5 Å². The van der Waals surface area contributed by atoms with Gasteiger partial charge in [-0.3, -0.25) is 4.79 Å². The van der Waals surface area contributed by atoms with Gasteiger partial charge in [-0.1, -0.05) is 12.1 Å². The number of rotatable bonds is 7. The maximum absolute atomic E-state index is 12.3. The Morgan fingerprint density at radius 1 is 1.08 bits per heavy atom. The second-order valence-electron chi connectivity index (χ2n) is 5.19. The Hall–Kier alpha value is -3.02. The number of carbonyl (C=O) groups is 2. The molecule has 0 fully saturated rings. The molecule has 132 valence electrons. The van der Waals surface area contributed by atoms with Gasteiger partial charge in [0.15, 0.2) is 6.10 Å². The van der Waals surface area contributed by atoms with E-state index < -0.39 is 12.1 Å². The summed E-state index contributed by atoms with van der Waals surface area (Å²) in [6.45, 7) is 3.71. The number of para-hydroxylation sites is 2. The molecule has 0 saturated heterocycles. The van der Waals surface area contributed by atoms with Crippen LogP contribution in [0.1, 0.15) is 24.2 Å². The van der Waals surface area contributed by atoms with Crippen LogP contribution in [0.2, 0.25) is 0 Å². The third kappa shape index (κ3) is 4.97. The highest BCUT2D eigenvalue weighted by molar-refractivity contribution is 5.95. The zero-order chi connectivity index (χ0) is 18.2. The van der Waals surface area contributed by atoms with Crippen LogP contribution in [0.15, 0.2) is 48.5 Å². The lowest BCUT2D eigenvalue weighted by molar-refractivity contribution is -0.122. The quantitative estimate of drug-likeness (QED) is 0.781. The van der Waals surface area contributed by atoms with E-state index >= 15 is 0 Å². The second-order valence-corrected chi connectivity index (χ2v) is 5.19. The third-order valence-corrected chi connectivity index (χ3v) is 3.41. The van der Waals surface area contributed by atoms with Gasteiger partial charge in [0.1, 0.15) is 11.5 Å². The predicted molar refractivity (Wildman–Crippen MR) is 94.1 cm³/mol. The molecule has 1 N–H and O–H groups in total. The van der Waals surface area contributed by atoms with Crippen LogP contribution in [-0.4, -0.2) is 31.7 Å². The van der Waals surface area contributed by atoms with Crippen LogP contribution in [0.4, 0.5) is 5.69 Å². The molecule has 0 aliphatic rings. The van der Waals surface area contributed by atoms with E-state index in [0.717, 1.165) is 0 Å². The maximum Gasteiger partial charge on any atom is 0.338 e. The van der Waals surface area contributed by atoms with Gasteiger partial charge in [-0.05, 0) is 50.2 Å². The molecule has 25 heavy (non-hydrogen) atoms. The van der Waals surface area contributed by atoms with Gasteiger partial charge in [0.25, 0.3) is 5.91 Å². The first-order valence-electron chi connectivity index (χ1n) is 7.93. The first-order valence-corrected chi connectivity index (χ1v) is 7.93. The van der Waals surface area contributed by atoms with Crippen molar-refractivity contribution in [2.24, 2.45) is 0 Å². The molecule has 0 radical (unpaired) electrons. The Kier molecular flexibility index (Phi) is 6.39. The first kappa shape index (κ1) is 18.3. The molecule has 2 aromatic rings. The van der Waals surface area contributed by atoms with E-state index in [-0.39, 0.29) is 5.91 Å². The summed E-state index contributed by atoms with van der Waals surface area (Å²) in [6, 6.07) is 13.6. The number of ether oxygens (including phenoxy) is 3. The van der Waals surface area contributed by atoms with Gasteiger partial charge in [-0.15, -0.1) is 0 Å². The van der Waals surface area contributed by atoms with Crippen LogP contribution < -0.4 is 14.8 Å². The molecule has 6 nitrogen and oxygen atoms in total. The van der Waals surface area contributed by atoms with Crippen molar-refractivity contribution >= 4 is 17.6 Å². The van der Waals surface area contributed by atoms with Crippen molar-refractivity contribution in [3.05, 3.63) is 54.1 Å². The molecule has 1 atom stereocenters. The van der Waals surface area contributed by atoms with Crippen LogP contribution in [0, 0.1) is 0 Å². The summed E-state index contributed by atoms with van der Waals surface area (Å²) in [7, 11) is 1.54. The Morgan fingerprint density at radius 3 is 2.40 bits per heavy atom. The number of methoxy groups -OCH3 is 1. The van der Waals surface area contributed by atoms with E-state index in [1.807, 2.05) is 6.07 Å². The SMILES string of the molecule is CCOC(=O)c1ccc(O[C@H](C)C(=O)Nc2ccccc2OC)cc1. The molecule has 0 bridgehead atoms. The smallest absolute Gasteiger partial charge is 0.338 e. The third-order valence-electron chi connectivity index (χ3n) is 3.41. The van der Waals surface area contributed by atoms with Gasteiger partial charge in [0.05, 0.1) is 25.0 Å². The molecule has 1 amide bonds. The zero-order valence-electron chi connectivity index (χ0n) is 14.4. The standard InChI is InChI=1S/C19H21NO5/c1-4-24-19(22)14-9-11-15(12-10-14)25-13(2)18(21)20-16-7-5-6-8-17(16)23-3/h5-13H,4H2,1-3H3,(H,20,21)/t13-/m1/s1. The maximum atomic E-state index is 12.3. The number of anilines is 1. The number of hydrogen-bond donors (Lipinski definition) is 1. The van der Waals surface area contributed by atoms with Crippen molar-refractivity contribution in [1.29, 1.82) is 0 Å². The number of benzene rings is 2. The van der Waals surface area contributed by atoms with E-state index in [0.29, 0.717) is 29.4 Å². The largest absolute Gasteiger partial charge is 0.495 e. The molecule has 2 rings (SSSR count). The minimum Gasteiger partial charge on any atom is -0.495 e. The van der Waals surface area contributed by atoms with Crippen LogP contribution in [0.25, 0.3) is 0 Å². The van der Waals surface area contributed by atoms with E-state index in [9.17, 15) is 9.59 Å². The molecule has 0 aliphatic carbocycles. The van der Waals surface area contributed by atoms with Crippen LogP contribution in [-0.2, 0) is 9.53 Å². The van der Waals surface area contributed by atoms with E-state index in [4.69, 9.17) is 14.2 Å². The zero-order valence-corrected chi connectivity index (χ0v) is 14.4. The summed E-state index contributed by atoms with van der Waals surface area (Å²) >= 11 is 0. The number of esters is 1. The van der Waals surface area contributed by atoms with Crippen LogP contribution >= 0.6 is 0 Å². The number of amides is 1. The number of carbonyl (C=O) groups excluding carboxylic acids is 2. The Morgan fingerprint density at radius 2 is 1.76 bits per heavy atom. The number of nitrogens with one attached hydrogen (secondary N) is 1. The average Bonchev–Trinajstić information content (AvgIpc) is 2.63. The van der Waals surface area contributed by atoms with Gasteiger partial charge in [-0.2, -0.15) is 0 Å². The minimum absolute atomic E-state index is 0.307. The molecule has 0 aromatic heterocycles. The van der Waals surface area contributed by atoms with Crippen molar-refractivity contribution in [3.63, 3.8) is 0 Å². The molecular formula is C19H21NO5. The van der Waals surface area contributed by atoms with Gasteiger partial charge >= 0.3 is 5.97 Å². The fraction of sp³-hybridized carbons (Fsp3) is 0.263. The molecule has 0 unspecified atom stereocenters. The fourth-order valence-electron chi connectivity index (χ4n) is 2.12. The number of hydrogen-bond acceptors (Lipinski definition) is 5. The Labute approximate surface area is 146 Å². The topological polar surface area (TPSA) is 73.9 Å². The second kappa shape index (κ2) is 8.73. The lowest BCUT2D eigenvalue weighted by Crippen LogP contribution is -2.30. The predicted octanol–water partition coefficient (Wildman–Crippen LogP) is 3.28. The highest BCUT2D eigenvalue weighted by Gasteiger charge is 2.17. The summed E-state index contributed by atoms with van der Waals surface area (Å²) in [5.74, 6) is 0.354. The van der Waals surface area contributed by atoms with Crippen LogP contribution in [0.5, 0.6) is 11.5 Å². The monoisotopic (exact) mass is 343 g/mol. The highest BCUT2D eigenvalue weighted by atomic mass is 16.5. The van der Waals surface area contributed by atoms with Gasteiger partial charge in [0.2, 0.25) is 0 Å².